The first-order valence-corrected chi connectivity index (χ1v) is 6.97. The van der Waals surface area contributed by atoms with E-state index in [4.69, 9.17) is 14.2 Å². The molecule has 0 amide bonds. The fourth-order valence-electron chi connectivity index (χ4n) is 3.13. The van der Waals surface area contributed by atoms with Crippen LogP contribution in [0.2, 0.25) is 0 Å². The molecule has 106 valence electrons. The molecule has 2 aliphatic rings. The highest BCUT2D eigenvalue weighted by molar-refractivity contribution is 5.76. The Labute approximate surface area is 123 Å². The van der Waals surface area contributed by atoms with E-state index in [0.717, 1.165) is 33.6 Å². The predicted octanol–water partition coefficient (Wildman–Crippen LogP) is 3.62. The van der Waals surface area contributed by atoms with E-state index in [9.17, 15) is 0 Å². The van der Waals surface area contributed by atoms with Crippen molar-refractivity contribution >= 4 is 5.57 Å². The van der Waals surface area contributed by atoms with E-state index < -0.39 is 5.79 Å². The average Bonchev–Trinajstić information content (AvgIpc) is 2.91. The lowest BCUT2D eigenvalue weighted by atomic mass is 9.87. The summed E-state index contributed by atoms with van der Waals surface area (Å²) in [5, 5.41) is 0. The van der Waals surface area contributed by atoms with E-state index >= 15 is 0 Å². The Morgan fingerprint density at radius 3 is 2.62 bits per heavy atom. The second-order valence-corrected chi connectivity index (χ2v) is 5.35. The molecule has 0 aromatic heterocycles. The van der Waals surface area contributed by atoms with Gasteiger partial charge in [-0.1, -0.05) is 36.9 Å². The van der Waals surface area contributed by atoms with Gasteiger partial charge in [0.15, 0.2) is 0 Å². The van der Waals surface area contributed by atoms with Crippen LogP contribution in [0.15, 0.2) is 49.0 Å². The number of ether oxygens (including phenoxy) is 3. The summed E-state index contributed by atoms with van der Waals surface area (Å²) >= 11 is 0. The number of hydrogen-bond donors (Lipinski definition) is 0. The summed E-state index contributed by atoms with van der Waals surface area (Å²) in [5.74, 6) is -0.0334. The van der Waals surface area contributed by atoms with Gasteiger partial charge in [-0.3, -0.25) is 0 Å². The average molecular weight is 280 g/mol. The van der Waals surface area contributed by atoms with Crippen LogP contribution in [0, 0.1) is 0 Å². The van der Waals surface area contributed by atoms with Crippen LogP contribution in [0.3, 0.4) is 0 Å². The Kier molecular flexibility index (Phi) is 2.67. The second kappa shape index (κ2) is 4.45. The highest BCUT2D eigenvalue weighted by Crippen LogP contribution is 2.50. The van der Waals surface area contributed by atoms with Gasteiger partial charge in [0.05, 0.1) is 20.3 Å². The Balaban J connectivity index is 1.86. The van der Waals surface area contributed by atoms with Crippen molar-refractivity contribution < 1.29 is 14.2 Å². The zero-order valence-electron chi connectivity index (χ0n) is 11.9. The monoisotopic (exact) mass is 280 g/mol. The van der Waals surface area contributed by atoms with Crippen LogP contribution in [-0.4, -0.2) is 7.11 Å². The molecule has 2 aromatic carbocycles. The minimum atomic E-state index is -0.851. The van der Waals surface area contributed by atoms with Crippen LogP contribution >= 0.6 is 0 Å². The van der Waals surface area contributed by atoms with Crippen LogP contribution in [0.4, 0.5) is 0 Å². The molecule has 1 unspecified atom stereocenters. The van der Waals surface area contributed by atoms with E-state index in [1.54, 1.807) is 7.11 Å². The van der Waals surface area contributed by atoms with Gasteiger partial charge < -0.3 is 14.2 Å². The lowest BCUT2D eigenvalue weighted by molar-refractivity contribution is -0.207. The van der Waals surface area contributed by atoms with Crippen molar-refractivity contribution in [3.05, 3.63) is 71.3 Å². The van der Waals surface area contributed by atoms with E-state index in [1.165, 1.54) is 0 Å². The van der Waals surface area contributed by atoms with E-state index in [-0.39, 0.29) is 0 Å². The highest BCUT2D eigenvalue weighted by atomic mass is 16.7. The van der Waals surface area contributed by atoms with Gasteiger partial charge in [0.2, 0.25) is 5.79 Å². The summed E-state index contributed by atoms with van der Waals surface area (Å²) in [6.45, 7) is 5.32. The molecule has 1 atom stereocenters. The van der Waals surface area contributed by atoms with Crippen molar-refractivity contribution in [2.45, 2.75) is 19.0 Å². The topological polar surface area (TPSA) is 27.7 Å². The fraction of sp³-hybridized carbons (Fsp3) is 0.222. The molecule has 4 rings (SSSR count). The van der Waals surface area contributed by atoms with Crippen LogP contribution < -0.4 is 4.74 Å². The Hall–Kier alpha value is -2.10. The Morgan fingerprint density at radius 1 is 1.05 bits per heavy atom. The summed E-state index contributed by atoms with van der Waals surface area (Å²) in [4.78, 5) is 0. The molecule has 0 saturated carbocycles. The third-order valence-electron chi connectivity index (χ3n) is 4.27. The molecule has 21 heavy (non-hydrogen) atoms. The normalized spacial score (nSPS) is 23.0. The first kappa shape index (κ1) is 12.6. The van der Waals surface area contributed by atoms with Gasteiger partial charge in [0.1, 0.15) is 5.75 Å². The molecule has 2 aliphatic heterocycles. The Bertz CT molecular complexity index is 735. The summed E-state index contributed by atoms with van der Waals surface area (Å²) in [5.41, 5.74) is 5.22. The Morgan fingerprint density at radius 2 is 1.81 bits per heavy atom. The third kappa shape index (κ3) is 1.68. The molecule has 0 bridgehead atoms. The maximum Gasteiger partial charge on any atom is 0.223 e. The van der Waals surface area contributed by atoms with Gasteiger partial charge in [0, 0.05) is 11.1 Å². The minimum Gasteiger partial charge on any atom is -0.497 e. The number of fused-ring (bicyclic) bond motifs is 3. The van der Waals surface area contributed by atoms with Gasteiger partial charge >= 0.3 is 0 Å². The molecule has 2 aromatic rings. The lowest BCUT2D eigenvalue weighted by Crippen LogP contribution is -2.34. The largest absolute Gasteiger partial charge is 0.497 e. The summed E-state index contributed by atoms with van der Waals surface area (Å²) in [6.07, 6.45) is 0. The van der Waals surface area contributed by atoms with Crippen LogP contribution in [-0.2, 0) is 28.5 Å². The molecule has 0 radical (unpaired) electrons. The maximum absolute atomic E-state index is 6.10. The molecule has 3 heteroatoms. The quantitative estimate of drug-likeness (QED) is 0.798. The van der Waals surface area contributed by atoms with Crippen molar-refractivity contribution in [1.82, 2.24) is 0 Å². The molecule has 2 heterocycles. The van der Waals surface area contributed by atoms with Crippen molar-refractivity contribution in [1.29, 1.82) is 0 Å². The van der Waals surface area contributed by atoms with Gasteiger partial charge in [0.25, 0.3) is 0 Å². The molecule has 3 nitrogen and oxygen atoms in total. The van der Waals surface area contributed by atoms with Crippen LogP contribution in [0.25, 0.3) is 5.57 Å². The van der Waals surface area contributed by atoms with E-state index in [2.05, 4.69) is 18.7 Å². The zero-order valence-corrected chi connectivity index (χ0v) is 11.9. The van der Waals surface area contributed by atoms with Gasteiger partial charge in [-0.2, -0.15) is 0 Å². The smallest absolute Gasteiger partial charge is 0.223 e. The summed E-state index contributed by atoms with van der Waals surface area (Å²) in [6, 6.07) is 14.1. The molecule has 0 fully saturated rings. The van der Waals surface area contributed by atoms with Crippen molar-refractivity contribution in [2.75, 3.05) is 7.11 Å². The third-order valence-corrected chi connectivity index (χ3v) is 4.27. The second-order valence-electron chi connectivity index (χ2n) is 5.35. The SMILES string of the molecule is C=C1c2cc(OC)ccc2COC12OCc1ccccc12. The number of benzene rings is 2. The van der Waals surface area contributed by atoms with Crippen molar-refractivity contribution in [3.8, 4) is 5.75 Å². The maximum atomic E-state index is 6.10. The fourth-order valence-corrected chi connectivity index (χ4v) is 3.13. The minimum absolute atomic E-state index is 0.507. The lowest BCUT2D eigenvalue weighted by Gasteiger charge is -2.36. The number of methoxy groups -OCH3 is 1. The van der Waals surface area contributed by atoms with Gasteiger partial charge in [-0.25, -0.2) is 0 Å². The zero-order chi connectivity index (χ0) is 14.4. The van der Waals surface area contributed by atoms with Crippen molar-refractivity contribution in [3.63, 3.8) is 0 Å². The summed E-state index contributed by atoms with van der Waals surface area (Å²) in [7, 11) is 1.67. The van der Waals surface area contributed by atoms with Gasteiger partial charge in [-0.15, -0.1) is 0 Å². The first-order valence-electron chi connectivity index (χ1n) is 6.97. The van der Waals surface area contributed by atoms with Crippen LogP contribution in [0.1, 0.15) is 22.3 Å². The molecule has 0 N–H and O–H groups in total. The van der Waals surface area contributed by atoms with Crippen LogP contribution in [0.5, 0.6) is 5.75 Å². The number of rotatable bonds is 1. The highest BCUT2D eigenvalue weighted by Gasteiger charge is 2.47. The number of hydrogen-bond acceptors (Lipinski definition) is 3. The first-order chi connectivity index (χ1) is 10.2. The van der Waals surface area contributed by atoms with E-state index in [0.29, 0.717) is 13.2 Å². The summed E-state index contributed by atoms with van der Waals surface area (Å²) < 4.78 is 17.5. The van der Waals surface area contributed by atoms with E-state index in [1.807, 2.05) is 30.3 Å². The molecule has 0 saturated heterocycles. The predicted molar refractivity (Wildman–Crippen MR) is 79.7 cm³/mol. The molecule has 1 spiro atoms. The standard InChI is InChI=1S/C18H16O3/c1-12-16-9-15(19-2)8-7-13(16)10-20-18(12)17-6-4-3-5-14(17)11-21-18/h3-9H,1,10-11H2,2H3. The molecular formula is C18H16O3. The van der Waals surface area contributed by atoms with Crippen molar-refractivity contribution in [2.24, 2.45) is 0 Å². The molecule has 0 aliphatic carbocycles. The molecular weight excluding hydrogens is 264 g/mol. The van der Waals surface area contributed by atoms with Gasteiger partial charge in [-0.05, 0) is 28.8 Å².